The van der Waals surface area contributed by atoms with E-state index in [-0.39, 0.29) is 39.8 Å². The van der Waals surface area contributed by atoms with Crippen LogP contribution in [0.15, 0.2) is 0 Å². The van der Waals surface area contributed by atoms with Crippen molar-refractivity contribution in [1.29, 1.82) is 0 Å². The van der Waals surface area contributed by atoms with Crippen LogP contribution in [0.2, 0.25) is 0 Å². The average Bonchev–Trinajstić information content (AvgIpc) is 0. The smallest absolute Gasteiger partial charge is 0.412 e. The van der Waals surface area contributed by atoms with E-state index in [1.165, 1.54) is 0 Å². The Hall–Kier alpha value is 0.0900. The fourth-order valence-corrected chi connectivity index (χ4v) is 0. The normalized spacial score (nSPS) is 0. The molecule has 0 saturated heterocycles. The van der Waals surface area contributed by atoms with Gasteiger partial charge in [0.05, 0.1) is 0 Å². The van der Waals surface area contributed by atoms with Gasteiger partial charge < -0.3 is 39.8 Å². The SMILES string of the molecule is O.O.O.O.O.[Cl-]. The van der Waals surface area contributed by atoms with Gasteiger partial charge in [-0.2, -0.15) is 0 Å². The van der Waals surface area contributed by atoms with Crippen LogP contribution in [0.4, 0.5) is 0 Å². The Kier molecular flexibility index (Phi) is 34100000. The summed E-state index contributed by atoms with van der Waals surface area (Å²) >= 11 is 0. The molecule has 0 heterocycles. The van der Waals surface area contributed by atoms with Gasteiger partial charge in [0, 0.05) is 0 Å². The van der Waals surface area contributed by atoms with E-state index in [4.69, 9.17) is 0 Å². The first kappa shape index (κ1) is 19500. The summed E-state index contributed by atoms with van der Waals surface area (Å²) in [5.74, 6) is 0. The molecule has 0 atom stereocenters. The van der Waals surface area contributed by atoms with Gasteiger partial charge in [-0.25, -0.2) is 0 Å². The zero-order chi connectivity index (χ0) is 0. The molecule has 0 radical (unpaired) electrons. The first-order chi connectivity index (χ1) is 0. The molecule has 0 aromatic carbocycles. The summed E-state index contributed by atoms with van der Waals surface area (Å²) in [6, 6.07) is 0. The van der Waals surface area contributed by atoms with Crippen molar-refractivity contribution >= 4 is 0 Å². The summed E-state index contributed by atoms with van der Waals surface area (Å²) < 4.78 is 0. The van der Waals surface area contributed by atoms with Crippen molar-refractivity contribution in [1.82, 2.24) is 0 Å². The zero-order valence-electron chi connectivity index (χ0n) is 2.88. The average molecular weight is 126 g/mol. The summed E-state index contributed by atoms with van der Waals surface area (Å²) in [4.78, 5) is 0. The van der Waals surface area contributed by atoms with Gasteiger partial charge in [-0.3, -0.25) is 0 Å². The van der Waals surface area contributed by atoms with E-state index < -0.39 is 0 Å². The van der Waals surface area contributed by atoms with Crippen LogP contribution in [0.5, 0.6) is 0 Å². The largest absolute Gasteiger partial charge is 1.00 e. The molecule has 6 heavy (non-hydrogen) atoms. The molecule has 0 aliphatic carbocycles. The lowest BCUT2D eigenvalue weighted by Crippen LogP contribution is -3.00. The van der Waals surface area contributed by atoms with Crippen molar-refractivity contribution < 1.29 is 39.8 Å². The van der Waals surface area contributed by atoms with Gasteiger partial charge in [-0.1, -0.05) is 0 Å². The Morgan fingerprint density at radius 2 is 0.333 bits per heavy atom. The van der Waals surface area contributed by atoms with Crippen LogP contribution in [0.25, 0.3) is 0 Å². The van der Waals surface area contributed by atoms with Crippen LogP contribution in [0.3, 0.4) is 0 Å². The lowest BCUT2D eigenvalue weighted by atomic mass is 16.0. The van der Waals surface area contributed by atoms with E-state index in [0.717, 1.165) is 0 Å². The van der Waals surface area contributed by atoms with Crippen molar-refractivity contribution in [2.45, 2.75) is 0 Å². The van der Waals surface area contributed by atoms with Gasteiger partial charge in [-0.15, -0.1) is 0 Å². The summed E-state index contributed by atoms with van der Waals surface area (Å²) in [5.41, 5.74) is 0. The maximum absolute atomic E-state index is 0. The van der Waals surface area contributed by atoms with E-state index in [0.29, 0.717) is 0 Å². The minimum absolute atomic E-state index is 0. The Balaban J connectivity index is 0. The number of rotatable bonds is 0. The monoisotopic (exact) mass is 125 g/mol. The highest BCUT2D eigenvalue weighted by atomic mass is 35.5. The second-order valence-corrected chi connectivity index (χ2v) is 0. The fourth-order valence-electron chi connectivity index (χ4n) is 0. The molecule has 10 N–H and O–H groups in total. The van der Waals surface area contributed by atoms with E-state index in [2.05, 4.69) is 0 Å². The van der Waals surface area contributed by atoms with Crippen LogP contribution in [-0.4, -0.2) is 27.4 Å². The topological polar surface area (TPSA) is 158 Å². The van der Waals surface area contributed by atoms with E-state index in [1.54, 1.807) is 0 Å². The summed E-state index contributed by atoms with van der Waals surface area (Å²) in [7, 11) is 0. The predicted octanol–water partition coefficient (Wildman–Crippen LogP) is -7.12. The molecule has 48 valence electrons. The van der Waals surface area contributed by atoms with Crippen molar-refractivity contribution in [3.05, 3.63) is 0 Å². The van der Waals surface area contributed by atoms with Crippen LogP contribution >= 0.6 is 0 Å². The first-order valence-electron chi connectivity index (χ1n) is 0. The summed E-state index contributed by atoms with van der Waals surface area (Å²) in [6.07, 6.45) is 0. The van der Waals surface area contributed by atoms with Gasteiger partial charge in [0.2, 0.25) is 0 Å². The Morgan fingerprint density at radius 3 is 0.333 bits per heavy atom. The van der Waals surface area contributed by atoms with Gasteiger partial charge >= 0.3 is 0 Å². The van der Waals surface area contributed by atoms with Gasteiger partial charge in [0.25, 0.3) is 0 Å². The molecule has 0 aliphatic rings. The Morgan fingerprint density at radius 1 is 0.333 bits per heavy atom. The van der Waals surface area contributed by atoms with Gasteiger partial charge in [0.15, 0.2) is 0 Å². The van der Waals surface area contributed by atoms with E-state index >= 15 is 0 Å². The second-order valence-electron chi connectivity index (χ2n) is 0. The van der Waals surface area contributed by atoms with Crippen molar-refractivity contribution in [2.75, 3.05) is 0 Å². The standard InChI is InChI=1S/ClH.5H2O/h1H;5*1H2/p-1. The van der Waals surface area contributed by atoms with E-state index in [9.17, 15) is 0 Å². The molecule has 0 spiro atoms. The van der Waals surface area contributed by atoms with Gasteiger partial charge in [0.1, 0.15) is 0 Å². The molecule has 0 unspecified atom stereocenters. The van der Waals surface area contributed by atoms with Crippen LogP contribution < -0.4 is 12.4 Å². The van der Waals surface area contributed by atoms with Crippen molar-refractivity contribution in [3.63, 3.8) is 0 Å². The molecule has 0 fully saturated rings. The molecular formula is H10ClO5-. The minimum Gasteiger partial charge on any atom is -1.00 e. The highest BCUT2D eigenvalue weighted by Crippen LogP contribution is -0.285. The third-order valence-electron chi connectivity index (χ3n) is 0. The van der Waals surface area contributed by atoms with Crippen LogP contribution in [-0.2, 0) is 0 Å². The molecule has 0 rings (SSSR count). The Labute approximate surface area is 40.9 Å². The molecule has 0 aromatic heterocycles. The molecule has 5 nitrogen and oxygen atoms in total. The molecule has 0 aromatic rings. The Bertz CT molecular complexity index is 3.90. The first-order valence-corrected chi connectivity index (χ1v) is 0. The third-order valence-corrected chi connectivity index (χ3v) is 0. The number of hydrogen-bond acceptors (Lipinski definition) is 0. The van der Waals surface area contributed by atoms with Crippen LogP contribution in [0, 0.1) is 0 Å². The summed E-state index contributed by atoms with van der Waals surface area (Å²) in [5, 5.41) is 0. The van der Waals surface area contributed by atoms with Crippen molar-refractivity contribution in [3.8, 4) is 0 Å². The molecule has 0 bridgehead atoms. The minimum atomic E-state index is 0. The third kappa shape index (κ3) is 4820. The summed E-state index contributed by atoms with van der Waals surface area (Å²) in [6.45, 7) is 0. The zero-order valence-corrected chi connectivity index (χ0v) is 3.63. The molecule has 0 amide bonds. The van der Waals surface area contributed by atoms with Crippen LogP contribution in [0.1, 0.15) is 0 Å². The number of hydrogen-bond donors (Lipinski definition) is 0. The lowest BCUT2D eigenvalue weighted by Gasteiger charge is -1.00. The van der Waals surface area contributed by atoms with Gasteiger partial charge in [-0.05, 0) is 0 Å². The second kappa shape index (κ2) is 10500. The molecule has 0 aliphatic heterocycles. The lowest BCUT2D eigenvalue weighted by molar-refractivity contribution is -0.00000604. The maximum Gasteiger partial charge on any atom is -0.412 e. The molecule has 6 heteroatoms. The highest BCUT2D eigenvalue weighted by Gasteiger charge is -0.408. The quantitative estimate of drug-likeness (QED) is 0.301. The predicted molar refractivity (Wildman–Crippen MR) is 18.1 cm³/mol. The highest BCUT2D eigenvalue weighted by molar-refractivity contribution is 0.828. The van der Waals surface area contributed by atoms with Crippen molar-refractivity contribution in [2.24, 2.45) is 0 Å². The van der Waals surface area contributed by atoms with E-state index in [1.807, 2.05) is 0 Å². The maximum atomic E-state index is 0. The fraction of sp³-hybridized carbons (Fsp3) is 0. The molecule has 0 saturated carbocycles. The number of halogens is 1. The molecular weight excluding hydrogens is 115 g/mol.